The summed E-state index contributed by atoms with van der Waals surface area (Å²) < 4.78 is 40.5. The molecule has 1 aromatic carbocycles. The molecule has 2 aromatic heterocycles. The van der Waals surface area contributed by atoms with Crippen molar-refractivity contribution in [3.63, 3.8) is 0 Å². The molecule has 0 fully saturated rings. The number of hydrazine groups is 1. The van der Waals surface area contributed by atoms with Gasteiger partial charge in [-0.1, -0.05) is 0 Å². The molecule has 25 heavy (non-hydrogen) atoms. The van der Waals surface area contributed by atoms with E-state index in [4.69, 9.17) is 11.6 Å². The van der Waals surface area contributed by atoms with Gasteiger partial charge in [0, 0.05) is 11.8 Å². The fourth-order valence-electron chi connectivity index (χ4n) is 1.99. The summed E-state index contributed by atoms with van der Waals surface area (Å²) in [5, 5.41) is 2.57. The van der Waals surface area contributed by atoms with Crippen LogP contribution in [-0.4, -0.2) is 19.9 Å². The molecule has 0 spiro atoms. The molecule has 3 rings (SSSR count). The molecule has 8 nitrogen and oxygen atoms in total. The van der Waals surface area contributed by atoms with Gasteiger partial charge in [0.15, 0.2) is 11.6 Å². The molecule has 11 heteroatoms. The van der Waals surface area contributed by atoms with Gasteiger partial charge in [0.1, 0.15) is 23.1 Å². The summed E-state index contributed by atoms with van der Waals surface area (Å²) >= 11 is 0. The summed E-state index contributed by atoms with van der Waals surface area (Å²) in [6, 6.07) is 5.20. The van der Waals surface area contributed by atoms with E-state index in [0.29, 0.717) is 6.07 Å². The number of nitrogens with zero attached hydrogens (tertiary/aromatic N) is 4. The largest absolute Gasteiger partial charge is 0.368 e. The number of rotatable bonds is 4. The molecule has 0 saturated carbocycles. The van der Waals surface area contributed by atoms with E-state index in [1.165, 1.54) is 6.07 Å². The third kappa shape index (κ3) is 3.72. The molecule has 0 radical (unpaired) electrons. The van der Waals surface area contributed by atoms with Gasteiger partial charge < -0.3 is 16.5 Å². The molecule has 2 heterocycles. The first-order valence-corrected chi connectivity index (χ1v) is 6.83. The van der Waals surface area contributed by atoms with E-state index in [1.54, 1.807) is 0 Å². The summed E-state index contributed by atoms with van der Waals surface area (Å²) in [4.78, 5) is 15.5. The van der Waals surface area contributed by atoms with Crippen molar-refractivity contribution in [3.05, 3.63) is 47.8 Å². The highest BCUT2D eigenvalue weighted by Crippen LogP contribution is 2.22. The van der Waals surface area contributed by atoms with Crippen LogP contribution in [0.1, 0.15) is 0 Å². The van der Waals surface area contributed by atoms with Gasteiger partial charge in [-0.25, -0.2) is 24.0 Å². The summed E-state index contributed by atoms with van der Waals surface area (Å²) in [6.45, 7) is 0. The van der Waals surface area contributed by atoms with E-state index in [0.717, 1.165) is 18.2 Å². The topological polar surface area (TPSA) is 128 Å². The van der Waals surface area contributed by atoms with E-state index < -0.39 is 17.5 Å². The lowest BCUT2D eigenvalue weighted by molar-refractivity contribution is 0.584. The fraction of sp³-hybridized carbons (Fsp3) is 0. The molecule has 6 N–H and O–H groups in total. The second kappa shape index (κ2) is 6.57. The highest BCUT2D eigenvalue weighted by Gasteiger charge is 2.14. The minimum absolute atomic E-state index is 0.0415. The van der Waals surface area contributed by atoms with Crippen molar-refractivity contribution in [3.8, 4) is 11.5 Å². The first kappa shape index (κ1) is 16.4. The Balaban J connectivity index is 2.01. The van der Waals surface area contributed by atoms with Crippen LogP contribution in [0.4, 0.5) is 36.6 Å². The third-order valence-corrected chi connectivity index (χ3v) is 2.98. The van der Waals surface area contributed by atoms with Crippen molar-refractivity contribution in [1.82, 2.24) is 19.9 Å². The highest BCUT2D eigenvalue weighted by molar-refractivity contribution is 5.60. The van der Waals surface area contributed by atoms with Crippen LogP contribution in [0.2, 0.25) is 0 Å². The van der Waals surface area contributed by atoms with Gasteiger partial charge in [-0.2, -0.15) is 15.0 Å². The van der Waals surface area contributed by atoms with Crippen LogP contribution in [-0.2, 0) is 0 Å². The minimum Gasteiger partial charge on any atom is -0.368 e. The predicted octanol–water partition coefficient (Wildman–Crippen LogP) is 1.96. The van der Waals surface area contributed by atoms with Crippen LogP contribution in [0.25, 0.3) is 11.5 Å². The van der Waals surface area contributed by atoms with Gasteiger partial charge in [-0.15, -0.1) is 0 Å². The van der Waals surface area contributed by atoms with E-state index in [2.05, 4.69) is 30.7 Å². The molecule has 0 saturated heterocycles. The average molecular weight is 348 g/mol. The van der Waals surface area contributed by atoms with Crippen LogP contribution in [0.3, 0.4) is 0 Å². The van der Waals surface area contributed by atoms with Crippen molar-refractivity contribution in [2.45, 2.75) is 0 Å². The maximum atomic E-state index is 14.0. The summed E-state index contributed by atoms with van der Waals surface area (Å²) in [6.07, 6.45) is 0. The van der Waals surface area contributed by atoms with Gasteiger partial charge in [-0.3, -0.25) is 0 Å². The standard InChI is InChI=1S/C14H11F3N8/c15-6-3-7(16)5-8(4-6)20-14-23-12(22-13(18)24-14)11-9(17)1-2-10(21-11)25-19/h1-5H,19H2,(H,21,25)(H3,18,20,22,23,24). The first-order chi connectivity index (χ1) is 11.9. The van der Waals surface area contributed by atoms with Crippen molar-refractivity contribution in [2.24, 2.45) is 5.84 Å². The van der Waals surface area contributed by atoms with Crippen molar-refractivity contribution in [1.29, 1.82) is 0 Å². The monoisotopic (exact) mass is 348 g/mol. The molecule has 0 aliphatic heterocycles. The Morgan fingerprint density at radius 1 is 0.880 bits per heavy atom. The van der Waals surface area contributed by atoms with Crippen molar-refractivity contribution < 1.29 is 13.2 Å². The van der Waals surface area contributed by atoms with Gasteiger partial charge in [0.2, 0.25) is 11.9 Å². The lowest BCUT2D eigenvalue weighted by Gasteiger charge is -2.09. The van der Waals surface area contributed by atoms with E-state index in [-0.39, 0.29) is 34.9 Å². The number of hydrogen-bond acceptors (Lipinski definition) is 8. The summed E-state index contributed by atoms with van der Waals surface area (Å²) in [5.74, 6) is 2.56. The zero-order chi connectivity index (χ0) is 18.0. The first-order valence-electron chi connectivity index (χ1n) is 6.83. The fourth-order valence-corrected chi connectivity index (χ4v) is 1.99. The number of halogens is 3. The van der Waals surface area contributed by atoms with E-state index >= 15 is 0 Å². The molecule has 0 aliphatic carbocycles. The number of nitrogen functional groups attached to an aromatic ring is 2. The Morgan fingerprint density at radius 2 is 1.60 bits per heavy atom. The SMILES string of the molecule is NNc1ccc(F)c(-c2nc(N)nc(Nc3cc(F)cc(F)c3)n2)n1. The predicted molar refractivity (Wildman–Crippen MR) is 84.9 cm³/mol. The maximum absolute atomic E-state index is 14.0. The molecule has 0 bridgehead atoms. The van der Waals surface area contributed by atoms with Crippen LogP contribution in [0.15, 0.2) is 30.3 Å². The molecular formula is C14H11F3N8. The van der Waals surface area contributed by atoms with Crippen molar-refractivity contribution in [2.75, 3.05) is 16.5 Å². The van der Waals surface area contributed by atoms with E-state index in [1.807, 2.05) is 0 Å². The molecule has 128 valence electrons. The summed E-state index contributed by atoms with van der Waals surface area (Å²) in [7, 11) is 0. The van der Waals surface area contributed by atoms with E-state index in [9.17, 15) is 13.2 Å². The summed E-state index contributed by atoms with van der Waals surface area (Å²) in [5.41, 5.74) is 7.67. The highest BCUT2D eigenvalue weighted by atomic mass is 19.1. The Bertz CT molecular complexity index is 914. The average Bonchev–Trinajstić information content (AvgIpc) is 2.53. The number of nitrogens with one attached hydrogen (secondary N) is 2. The molecule has 0 atom stereocenters. The number of nitrogens with two attached hydrogens (primary N) is 2. The Labute approximate surface area is 139 Å². The second-order valence-electron chi connectivity index (χ2n) is 4.80. The lowest BCUT2D eigenvalue weighted by atomic mass is 10.3. The molecule has 0 aliphatic rings. The number of benzene rings is 1. The molecule has 0 amide bonds. The van der Waals surface area contributed by atoms with Gasteiger partial charge in [-0.05, 0) is 24.3 Å². The van der Waals surface area contributed by atoms with Gasteiger partial charge in [0.25, 0.3) is 0 Å². The zero-order valence-corrected chi connectivity index (χ0v) is 12.5. The number of aromatic nitrogens is 4. The Hall–Kier alpha value is -3.47. The van der Waals surface area contributed by atoms with Crippen LogP contribution >= 0.6 is 0 Å². The van der Waals surface area contributed by atoms with Crippen LogP contribution < -0.4 is 22.3 Å². The number of pyridine rings is 1. The quantitative estimate of drug-likeness (QED) is 0.416. The molecular weight excluding hydrogens is 337 g/mol. The number of hydrogen-bond donors (Lipinski definition) is 4. The minimum atomic E-state index is -0.792. The molecule has 0 unspecified atom stereocenters. The van der Waals surface area contributed by atoms with Gasteiger partial charge >= 0.3 is 0 Å². The Morgan fingerprint density at radius 3 is 2.28 bits per heavy atom. The van der Waals surface area contributed by atoms with Gasteiger partial charge in [0.05, 0.1) is 0 Å². The zero-order valence-electron chi connectivity index (χ0n) is 12.5. The maximum Gasteiger partial charge on any atom is 0.232 e. The normalized spacial score (nSPS) is 10.6. The molecule has 3 aromatic rings. The second-order valence-corrected chi connectivity index (χ2v) is 4.80. The van der Waals surface area contributed by atoms with Crippen LogP contribution in [0.5, 0.6) is 0 Å². The van der Waals surface area contributed by atoms with Crippen LogP contribution in [0, 0.1) is 17.5 Å². The smallest absolute Gasteiger partial charge is 0.232 e. The Kier molecular flexibility index (Phi) is 4.31. The lowest BCUT2D eigenvalue weighted by Crippen LogP contribution is -2.11. The third-order valence-electron chi connectivity index (χ3n) is 2.98. The number of anilines is 4. The van der Waals surface area contributed by atoms with Crippen molar-refractivity contribution >= 4 is 23.4 Å².